The number of nitrogens with zero attached hydrogens (tertiary/aromatic N) is 3. The summed E-state index contributed by atoms with van der Waals surface area (Å²) in [6.45, 7) is 5.60. The van der Waals surface area contributed by atoms with E-state index in [4.69, 9.17) is 21.1 Å². The van der Waals surface area contributed by atoms with E-state index in [0.29, 0.717) is 29.6 Å². The number of hydrogen-bond donors (Lipinski definition) is 0. The van der Waals surface area contributed by atoms with Crippen LogP contribution in [0.3, 0.4) is 0 Å². The highest BCUT2D eigenvalue weighted by atomic mass is 35.5. The van der Waals surface area contributed by atoms with E-state index in [2.05, 4.69) is 10.1 Å². The van der Waals surface area contributed by atoms with Crippen molar-refractivity contribution in [2.24, 2.45) is 5.92 Å². The summed E-state index contributed by atoms with van der Waals surface area (Å²) in [6.07, 6.45) is 6.10. The van der Waals surface area contributed by atoms with E-state index < -0.39 is 5.41 Å². The van der Waals surface area contributed by atoms with Crippen LogP contribution in [0.2, 0.25) is 5.02 Å². The van der Waals surface area contributed by atoms with Gasteiger partial charge in [0.25, 0.3) is 0 Å². The van der Waals surface area contributed by atoms with Crippen LogP contribution in [0.1, 0.15) is 38.8 Å². The quantitative estimate of drug-likeness (QED) is 0.534. The van der Waals surface area contributed by atoms with Crippen molar-refractivity contribution in [1.82, 2.24) is 14.6 Å². The van der Waals surface area contributed by atoms with Gasteiger partial charge in [-0.1, -0.05) is 23.7 Å². The van der Waals surface area contributed by atoms with E-state index >= 15 is 0 Å². The van der Waals surface area contributed by atoms with Crippen LogP contribution in [0, 0.1) is 5.92 Å². The van der Waals surface area contributed by atoms with Crippen molar-refractivity contribution in [3.05, 3.63) is 53.4 Å². The van der Waals surface area contributed by atoms with Gasteiger partial charge in [-0.2, -0.15) is 5.10 Å². The Kier molecular flexibility index (Phi) is 6.06. The Labute approximate surface area is 181 Å². The van der Waals surface area contributed by atoms with E-state index in [1.807, 2.05) is 44.2 Å². The summed E-state index contributed by atoms with van der Waals surface area (Å²) >= 11 is 6.04. The maximum Gasteiger partial charge on any atom is 0.317 e. The second kappa shape index (κ2) is 8.74. The molecule has 1 atom stereocenters. The van der Waals surface area contributed by atoms with Crippen molar-refractivity contribution < 1.29 is 14.3 Å². The Hall–Kier alpha value is -2.44. The number of carbonyl (C=O) groups is 1. The zero-order valence-corrected chi connectivity index (χ0v) is 18.1. The first kappa shape index (κ1) is 20.8. The summed E-state index contributed by atoms with van der Waals surface area (Å²) in [4.78, 5) is 17.7. The third-order valence-corrected chi connectivity index (χ3v) is 6.14. The molecule has 7 heteroatoms. The average Bonchev–Trinajstić information content (AvgIpc) is 3.19. The molecule has 1 aliphatic heterocycles. The molecule has 30 heavy (non-hydrogen) atoms. The topological polar surface area (TPSA) is 65.7 Å². The molecule has 3 heterocycles. The molecular weight excluding hydrogens is 402 g/mol. The first-order valence-corrected chi connectivity index (χ1v) is 10.7. The van der Waals surface area contributed by atoms with Gasteiger partial charge < -0.3 is 9.47 Å². The van der Waals surface area contributed by atoms with E-state index in [9.17, 15) is 4.79 Å². The summed E-state index contributed by atoms with van der Waals surface area (Å²) in [7, 11) is 0. The van der Waals surface area contributed by atoms with Crippen LogP contribution in [-0.4, -0.2) is 40.4 Å². The zero-order valence-electron chi connectivity index (χ0n) is 17.3. The number of esters is 1. The molecule has 0 N–H and O–H groups in total. The largest absolute Gasteiger partial charge is 0.465 e. The van der Waals surface area contributed by atoms with Gasteiger partial charge in [0.15, 0.2) is 5.65 Å². The summed E-state index contributed by atoms with van der Waals surface area (Å²) < 4.78 is 12.8. The van der Waals surface area contributed by atoms with Crippen LogP contribution in [0.25, 0.3) is 16.8 Å². The molecule has 158 valence electrons. The first-order valence-electron chi connectivity index (χ1n) is 10.4. The van der Waals surface area contributed by atoms with Crippen LogP contribution in [-0.2, 0) is 19.7 Å². The highest BCUT2D eigenvalue weighted by Crippen LogP contribution is 2.37. The fourth-order valence-corrected chi connectivity index (χ4v) is 4.38. The minimum Gasteiger partial charge on any atom is -0.465 e. The van der Waals surface area contributed by atoms with Crippen LogP contribution < -0.4 is 0 Å². The Morgan fingerprint density at radius 1 is 1.27 bits per heavy atom. The van der Waals surface area contributed by atoms with Gasteiger partial charge >= 0.3 is 5.97 Å². The molecule has 1 aromatic carbocycles. The molecule has 0 bridgehead atoms. The van der Waals surface area contributed by atoms with Gasteiger partial charge in [0.05, 0.1) is 18.5 Å². The van der Waals surface area contributed by atoms with Crippen molar-refractivity contribution in [3.63, 3.8) is 0 Å². The first-order chi connectivity index (χ1) is 14.5. The van der Waals surface area contributed by atoms with Gasteiger partial charge in [0, 0.05) is 30.0 Å². The smallest absolute Gasteiger partial charge is 0.317 e. The van der Waals surface area contributed by atoms with Crippen LogP contribution in [0.15, 0.2) is 42.7 Å². The molecule has 4 rings (SSSR count). The highest BCUT2D eigenvalue weighted by Gasteiger charge is 2.41. The van der Waals surface area contributed by atoms with Gasteiger partial charge in [-0.3, -0.25) is 4.79 Å². The van der Waals surface area contributed by atoms with Gasteiger partial charge in [-0.15, -0.1) is 0 Å². The van der Waals surface area contributed by atoms with Crippen molar-refractivity contribution in [1.29, 1.82) is 0 Å². The van der Waals surface area contributed by atoms with Gasteiger partial charge in [0.1, 0.15) is 5.41 Å². The number of carbonyl (C=O) groups excluding carboxylic acids is 1. The molecule has 1 saturated heterocycles. The maximum atomic E-state index is 13.2. The van der Waals surface area contributed by atoms with Crippen LogP contribution in [0.5, 0.6) is 0 Å². The number of hydrogen-bond acceptors (Lipinski definition) is 5. The molecule has 0 spiro atoms. The van der Waals surface area contributed by atoms with Crippen molar-refractivity contribution >= 4 is 23.2 Å². The number of halogens is 1. The molecule has 0 saturated carbocycles. The molecule has 0 radical (unpaired) electrons. The standard InChI is InChI=1S/C23H26ClN3O3/c1-3-30-22(28)23(2,14-16-9-12-29-13-10-16)20-8-11-25-21-19(15-26-27(20)21)17-4-6-18(24)7-5-17/h4-8,11,15-16H,3,9-10,12-14H2,1-2H3. The molecule has 1 aliphatic rings. The van der Waals surface area contributed by atoms with Crippen molar-refractivity contribution in [2.75, 3.05) is 19.8 Å². The Morgan fingerprint density at radius 3 is 2.70 bits per heavy atom. The van der Waals surface area contributed by atoms with Gasteiger partial charge in [0.2, 0.25) is 0 Å². The molecule has 2 aromatic heterocycles. The number of benzene rings is 1. The lowest BCUT2D eigenvalue weighted by Gasteiger charge is -2.33. The molecule has 0 amide bonds. The lowest BCUT2D eigenvalue weighted by molar-refractivity contribution is -0.150. The fraction of sp³-hybridized carbons (Fsp3) is 0.435. The molecule has 3 aromatic rings. The predicted octanol–water partition coefficient (Wildman–Crippen LogP) is 4.69. The summed E-state index contributed by atoms with van der Waals surface area (Å²) in [5, 5.41) is 5.28. The van der Waals surface area contributed by atoms with Crippen molar-refractivity contribution in [2.45, 2.75) is 38.5 Å². The van der Waals surface area contributed by atoms with Crippen molar-refractivity contribution in [3.8, 4) is 11.1 Å². The summed E-state index contributed by atoms with van der Waals surface area (Å²) in [5.41, 5.74) is 2.53. The van der Waals surface area contributed by atoms with Gasteiger partial charge in [-0.05, 0) is 62.8 Å². The Balaban J connectivity index is 1.79. The second-order valence-corrected chi connectivity index (χ2v) is 8.38. The fourth-order valence-electron chi connectivity index (χ4n) is 4.25. The zero-order chi connectivity index (χ0) is 21.1. The summed E-state index contributed by atoms with van der Waals surface area (Å²) in [6, 6.07) is 9.46. The van der Waals surface area contributed by atoms with E-state index in [0.717, 1.165) is 42.9 Å². The molecule has 6 nitrogen and oxygen atoms in total. The van der Waals surface area contributed by atoms with Gasteiger partial charge in [-0.25, -0.2) is 9.50 Å². The maximum absolute atomic E-state index is 13.2. The summed E-state index contributed by atoms with van der Waals surface area (Å²) in [5.74, 6) is 0.162. The number of rotatable bonds is 6. The van der Waals surface area contributed by atoms with E-state index in [1.54, 1.807) is 16.9 Å². The molecule has 0 aliphatic carbocycles. The van der Waals surface area contributed by atoms with Crippen LogP contribution >= 0.6 is 11.6 Å². The second-order valence-electron chi connectivity index (χ2n) is 7.94. The molecule has 1 unspecified atom stereocenters. The normalized spacial score (nSPS) is 17.0. The third-order valence-electron chi connectivity index (χ3n) is 5.89. The minimum absolute atomic E-state index is 0.229. The monoisotopic (exact) mass is 427 g/mol. The lowest BCUT2D eigenvalue weighted by Crippen LogP contribution is -2.39. The molecule has 1 fully saturated rings. The number of aromatic nitrogens is 3. The van der Waals surface area contributed by atoms with E-state index in [1.165, 1.54) is 0 Å². The predicted molar refractivity (Wildman–Crippen MR) is 116 cm³/mol. The highest BCUT2D eigenvalue weighted by molar-refractivity contribution is 6.30. The molecular formula is C23H26ClN3O3. The number of ether oxygens (including phenoxy) is 2. The SMILES string of the molecule is CCOC(=O)C(C)(CC1CCOCC1)c1ccnc2c(-c3ccc(Cl)cc3)cnn12. The minimum atomic E-state index is -0.831. The average molecular weight is 428 g/mol. The lowest BCUT2D eigenvalue weighted by atomic mass is 9.75. The Morgan fingerprint density at radius 2 is 2.00 bits per heavy atom. The number of fused-ring (bicyclic) bond motifs is 1. The van der Waals surface area contributed by atoms with Crippen LogP contribution in [0.4, 0.5) is 0 Å². The van der Waals surface area contributed by atoms with E-state index in [-0.39, 0.29) is 5.97 Å². The Bertz CT molecular complexity index is 1030. The third kappa shape index (κ3) is 3.94.